The maximum Gasteiger partial charge on any atom is 0.316 e. The molecule has 4 rings (SSSR count). The summed E-state index contributed by atoms with van der Waals surface area (Å²) >= 11 is 0. The monoisotopic (exact) mass is 361 g/mol. The van der Waals surface area contributed by atoms with Crippen molar-refractivity contribution in [1.29, 1.82) is 0 Å². The van der Waals surface area contributed by atoms with Gasteiger partial charge in [0.1, 0.15) is 5.58 Å². The molecule has 2 aromatic heterocycles. The third kappa shape index (κ3) is 3.33. The second-order valence-electron chi connectivity index (χ2n) is 6.50. The van der Waals surface area contributed by atoms with Crippen molar-refractivity contribution in [3.05, 3.63) is 71.6 Å². The predicted molar refractivity (Wildman–Crippen MR) is 101 cm³/mol. The first-order valence-electron chi connectivity index (χ1n) is 8.79. The molecule has 0 aliphatic carbocycles. The second-order valence-corrected chi connectivity index (χ2v) is 6.50. The number of furan rings is 1. The topological polar surface area (TPSA) is 81.2 Å². The van der Waals surface area contributed by atoms with E-state index in [1.54, 1.807) is 0 Å². The van der Waals surface area contributed by atoms with Crippen LogP contribution in [-0.2, 0) is 0 Å². The molecule has 1 atom stereocenters. The number of aromatic nitrogens is 2. The third-order valence-corrected chi connectivity index (χ3v) is 4.60. The molecule has 4 aromatic rings. The molecule has 6 heteroatoms. The lowest BCUT2D eigenvalue weighted by molar-refractivity contribution is 0.0908. The lowest BCUT2D eigenvalue weighted by atomic mass is 10.0. The highest BCUT2D eigenvalue weighted by Gasteiger charge is 2.21. The number of para-hydroxylation sites is 1. The Morgan fingerprint density at radius 3 is 2.63 bits per heavy atom. The van der Waals surface area contributed by atoms with Gasteiger partial charge in [-0.1, -0.05) is 60.6 Å². The van der Waals surface area contributed by atoms with E-state index in [2.05, 4.69) is 15.5 Å². The van der Waals surface area contributed by atoms with Crippen LogP contribution in [0.4, 0.5) is 0 Å². The Balaban J connectivity index is 1.48. The van der Waals surface area contributed by atoms with Gasteiger partial charge < -0.3 is 14.3 Å². The number of aryl methyl sites for hydroxylation is 1. The maximum absolute atomic E-state index is 12.3. The van der Waals surface area contributed by atoms with Gasteiger partial charge in [-0.25, -0.2) is 0 Å². The van der Waals surface area contributed by atoms with Gasteiger partial charge in [-0.2, -0.15) is 4.98 Å². The molecule has 27 heavy (non-hydrogen) atoms. The summed E-state index contributed by atoms with van der Waals surface area (Å²) in [5.41, 5.74) is 2.82. The fourth-order valence-electron chi connectivity index (χ4n) is 3.02. The molecule has 0 aliphatic rings. The standard InChI is InChI=1S/C21H19N3O3/c1-13(15-8-4-3-5-9-15)12-22-20(25)21-23-19(24-27-21)18-14(2)16-10-6-7-11-17(16)26-18/h3-11,13H,12H2,1-2H3,(H,22,25)/t13-/m1/s1. The Hall–Kier alpha value is -3.41. The molecular weight excluding hydrogens is 342 g/mol. The minimum atomic E-state index is -0.398. The van der Waals surface area contributed by atoms with Crippen LogP contribution < -0.4 is 5.32 Å². The van der Waals surface area contributed by atoms with Crippen molar-refractivity contribution in [2.24, 2.45) is 0 Å². The van der Waals surface area contributed by atoms with Crippen LogP contribution in [0.2, 0.25) is 0 Å². The van der Waals surface area contributed by atoms with Gasteiger partial charge in [-0.15, -0.1) is 0 Å². The van der Waals surface area contributed by atoms with Gasteiger partial charge >= 0.3 is 11.8 Å². The average Bonchev–Trinajstić information content (AvgIpc) is 3.32. The van der Waals surface area contributed by atoms with Gasteiger partial charge in [0.15, 0.2) is 5.76 Å². The van der Waals surface area contributed by atoms with E-state index >= 15 is 0 Å². The van der Waals surface area contributed by atoms with Crippen LogP contribution in [0.15, 0.2) is 63.5 Å². The van der Waals surface area contributed by atoms with Crippen LogP contribution in [0, 0.1) is 6.92 Å². The fourth-order valence-corrected chi connectivity index (χ4v) is 3.02. The highest BCUT2D eigenvalue weighted by molar-refractivity contribution is 5.90. The fraction of sp³-hybridized carbons (Fsp3) is 0.190. The molecule has 0 fully saturated rings. The van der Waals surface area contributed by atoms with E-state index in [1.165, 1.54) is 0 Å². The predicted octanol–water partition coefficient (Wildman–Crippen LogP) is 4.32. The molecule has 136 valence electrons. The molecule has 0 saturated carbocycles. The number of nitrogens with one attached hydrogen (secondary N) is 1. The van der Waals surface area contributed by atoms with E-state index in [0.29, 0.717) is 12.3 Å². The molecule has 0 bridgehead atoms. The van der Waals surface area contributed by atoms with E-state index in [0.717, 1.165) is 22.1 Å². The van der Waals surface area contributed by atoms with Gasteiger partial charge in [-0.3, -0.25) is 4.79 Å². The van der Waals surface area contributed by atoms with E-state index in [9.17, 15) is 4.79 Å². The number of fused-ring (bicyclic) bond motifs is 1. The van der Waals surface area contributed by atoms with Gasteiger partial charge in [0.25, 0.3) is 0 Å². The Labute approximate surface area is 156 Å². The van der Waals surface area contributed by atoms with Crippen LogP contribution in [0.1, 0.15) is 34.7 Å². The lowest BCUT2D eigenvalue weighted by Gasteiger charge is -2.11. The summed E-state index contributed by atoms with van der Waals surface area (Å²) in [6.45, 7) is 4.45. The Kier molecular flexibility index (Phi) is 4.46. The van der Waals surface area contributed by atoms with Crippen molar-refractivity contribution in [2.75, 3.05) is 6.54 Å². The Bertz CT molecular complexity index is 1080. The maximum atomic E-state index is 12.3. The van der Waals surface area contributed by atoms with Crippen molar-refractivity contribution in [2.45, 2.75) is 19.8 Å². The lowest BCUT2D eigenvalue weighted by Crippen LogP contribution is -2.27. The molecule has 1 amide bonds. The molecule has 0 radical (unpaired) electrons. The second kappa shape index (κ2) is 7.07. The molecule has 0 unspecified atom stereocenters. The van der Waals surface area contributed by atoms with Crippen molar-refractivity contribution in [3.8, 4) is 11.6 Å². The van der Waals surface area contributed by atoms with Crippen LogP contribution in [0.3, 0.4) is 0 Å². The van der Waals surface area contributed by atoms with Crippen molar-refractivity contribution in [1.82, 2.24) is 15.5 Å². The molecule has 0 saturated heterocycles. The number of nitrogens with zero attached hydrogens (tertiary/aromatic N) is 2. The summed E-state index contributed by atoms with van der Waals surface area (Å²) in [5, 5.41) is 7.73. The smallest absolute Gasteiger partial charge is 0.316 e. The van der Waals surface area contributed by atoms with E-state index < -0.39 is 5.91 Å². The number of hydrogen-bond acceptors (Lipinski definition) is 5. The zero-order chi connectivity index (χ0) is 18.8. The molecule has 1 N–H and O–H groups in total. The quantitative estimate of drug-likeness (QED) is 0.572. The third-order valence-electron chi connectivity index (χ3n) is 4.60. The minimum absolute atomic E-state index is 0.0786. The largest absolute Gasteiger partial charge is 0.452 e. The summed E-state index contributed by atoms with van der Waals surface area (Å²) < 4.78 is 11.0. The highest BCUT2D eigenvalue weighted by atomic mass is 16.5. The van der Waals surface area contributed by atoms with E-state index in [4.69, 9.17) is 8.94 Å². The Morgan fingerprint density at radius 1 is 1.11 bits per heavy atom. The van der Waals surface area contributed by atoms with Crippen molar-refractivity contribution in [3.63, 3.8) is 0 Å². The summed E-state index contributed by atoms with van der Waals surface area (Å²) in [5.74, 6) is 0.479. The first kappa shape index (κ1) is 17.0. The molecular formula is C21H19N3O3. The van der Waals surface area contributed by atoms with Gasteiger partial charge in [0.05, 0.1) is 0 Å². The summed E-state index contributed by atoms with van der Waals surface area (Å²) in [4.78, 5) is 16.5. The average molecular weight is 361 g/mol. The van der Waals surface area contributed by atoms with Gasteiger partial charge in [0.2, 0.25) is 5.82 Å². The number of carbonyl (C=O) groups excluding carboxylic acids is 1. The van der Waals surface area contributed by atoms with Crippen LogP contribution >= 0.6 is 0 Å². The molecule has 0 aliphatic heterocycles. The SMILES string of the molecule is Cc1c(-c2noc(C(=O)NC[C@@H](C)c3ccccc3)n2)oc2ccccc12. The summed E-state index contributed by atoms with van der Waals surface area (Å²) in [7, 11) is 0. The van der Waals surface area contributed by atoms with Crippen LogP contribution in [0.25, 0.3) is 22.6 Å². The molecule has 0 spiro atoms. The number of rotatable bonds is 5. The highest BCUT2D eigenvalue weighted by Crippen LogP contribution is 2.31. The molecule has 6 nitrogen and oxygen atoms in total. The van der Waals surface area contributed by atoms with Crippen molar-refractivity contribution >= 4 is 16.9 Å². The van der Waals surface area contributed by atoms with Crippen LogP contribution in [-0.4, -0.2) is 22.6 Å². The minimum Gasteiger partial charge on any atom is -0.452 e. The normalized spacial score (nSPS) is 12.2. The molecule has 2 aromatic carbocycles. The summed E-state index contributed by atoms with van der Waals surface area (Å²) in [6, 6.07) is 17.7. The zero-order valence-corrected chi connectivity index (χ0v) is 15.1. The number of benzene rings is 2. The number of hydrogen-bond donors (Lipinski definition) is 1. The zero-order valence-electron chi connectivity index (χ0n) is 15.1. The van der Waals surface area contributed by atoms with E-state index in [1.807, 2.05) is 68.4 Å². The number of amides is 1. The Morgan fingerprint density at radius 2 is 1.85 bits per heavy atom. The first-order chi connectivity index (χ1) is 13.1. The first-order valence-corrected chi connectivity index (χ1v) is 8.79. The van der Waals surface area contributed by atoms with E-state index in [-0.39, 0.29) is 17.6 Å². The van der Waals surface area contributed by atoms with Gasteiger partial charge in [0, 0.05) is 17.5 Å². The van der Waals surface area contributed by atoms with Crippen molar-refractivity contribution < 1.29 is 13.7 Å². The number of carbonyl (C=O) groups is 1. The summed E-state index contributed by atoms with van der Waals surface area (Å²) in [6.07, 6.45) is 0. The van der Waals surface area contributed by atoms with Gasteiger partial charge in [-0.05, 0) is 24.5 Å². The van der Waals surface area contributed by atoms with Crippen LogP contribution in [0.5, 0.6) is 0 Å². The molecule has 2 heterocycles.